The van der Waals surface area contributed by atoms with E-state index in [0.717, 1.165) is 37.9 Å². The molecule has 1 aliphatic rings. The van der Waals surface area contributed by atoms with Gasteiger partial charge in [-0.05, 0) is 52.6 Å². The summed E-state index contributed by atoms with van der Waals surface area (Å²) in [5.74, 6) is 1.79. The zero-order chi connectivity index (χ0) is 14.8. The number of likely N-dealkylation sites (tertiary alicyclic amines) is 1. The minimum atomic E-state index is 0.204. The van der Waals surface area contributed by atoms with Crippen LogP contribution in [0.3, 0.4) is 0 Å². The fourth-order valence-electron chi connectivity index (χ4n) is 2.68. The Balaban J connectivity index is 1.86. The Labute approximate surface area is 127 Å². The Morgan fingerprint density at radius 2 is 2.20 bits per heavy atom. The highest BCUT2D eigenvalue weighted by Gasteiger charge is 2.22. The van der Waals surface area contributed by atoms with Gasteiger partial charge in [0.1, 0.15) is 11.0 Å². The van der Waals surface area contributed by atoms with Gasteiger partial charge in [0.25, 0.3) is 0 Å². The van der Waals surface area contributed by atoms with Gasteiger partial charge in [-0.25, -0.2) is 4.98 Å². The summed E-state index contributed by atoms with van der Waals surface area (Å²) < 4.78 is 1.97. The van der Waals surface area contributed by atoms with Gasteiger partial charge in [-0.2, -0.15) is 0 Å². The van der Waals surface area contributed by atoms with Crippen LogP contribution in [-0.4, -0.2) is 39.6 Å². The van der Waals surface area contributed by atoms with Gasteiger partial charge in [0.2, 0.25) is 0 Å². The number of nitrogens with zero attached hydrogens (tertiary/aromatic N) is 3. The molecule has 5 heteroatoms. The molecular formula is C15H27ClN4. The third-order valence-corrected chi connectivity index (χ3v) is 4.27. The monoisotopic (exact) mass is 298 g/mol. The fourth-order valence-corrected chi connectivity index (χ4v) is 2.83. The van der Waals surface area contributed by atoms with Gasteiger partial charge < -0.3 is 9.88 Å². The zero-order valence-corrected chi connectivity index (χ0v) is 13.9. The van der Waals surface area contributed by atoms with Gasteiger partial charge in [0, 0.05) is 19.1 Å². The van der Waals surface area contributed by atoms with E-state index >= 15 is 0 Å². The van der Waals surface area contributed by atoms with E-state index in [2.05, 4.69) is 36.0 Å². The molecule has 20 heavy (non-hydrogen) atoms. The molecule has 2 heterocycles. The molecule has 1 aromatic heterocycles. The minimum absolute atomic E-state index is 0.204. The van der Waals surface area contributed by atoms with Crippen LogP contribution in [0.2, 0.25) is 5.15 Å². The Bertz CT molecular complexity index is 436. The van der Waals surface area contributed by atoms with Crippen LogP contribution in [0.1, 0.15) is 39.4 Å². The lowest BCUT2D eigenvalue weighted by molar-refractivity contribution is 0.155. The molecule has 0 saturated carbocycles. The molecule has 114 valence electrons. The van der Waals surface area contributed by atoms with E-state index in [9.17, 15) is 0 Å². The van der Waals surface area contributed by atoms with Gasteiger partial charge in [0.15, 0.2) is 0 Å². The molecule has 0 spiro atoms. The molecule has 1 atom stereocenters. The first-order valence-corrected chi connectivity index (χ1v) is 7.86. The van der Waals surface area contributed by atoms with E-state index in [1.54, 1.807) is 6.20 Å². The summed E-state index contributed by atoms with van der Waals surface area (Å²) in [7, 11) is 1.98. The summed E-state index contributed by atoms with van der Waals surface area (Å²) in [6.07, 6.45) is 4.33. The van der Waals surface area contributed by atoms with Crippen molar-refractivity contribution in [3.8, 4) is 0 Å². The van der Waals surface area contributed by atoms with Crippen molar-refractivity contribution in [3.05, 3.63) is 17.2 Å². The third-order valence-electron chi connectivity index (χ3n) is 3.92. The maximum absolute atomic E-state index is 6.05. The summed E-state index contributed by atoms with van der Waals surface area (Å²) in [5.41, 5.74) is 0.204. The first kappa shape index (κ1) is 15.8. The molecule has 0 aromatic carbocycles. The van der Waals surface area contributed by atoms with Crippen LogP contribution in [0, 0.1) is 5.92 Å². The first-order chi connectivity index (χ1) is 9.35. The molecule has 0 amide bonds. The van der Waals surface area contributed by atoms with Crippen molar-refractivity contribution in [2.24, 2.45) is 13.0 Å². The van der Waals surface area contributed by atoms with Gasteiger partial charge in [-0.15, -0.1) is 0 Å². The van der Waals surface area contributed by atoms with Gasteiger partial charge in [-0.3, -0.25) is 4.90 Å². The number of imidazole rings is 1. The van der Waals surface area contributed by atoms with Gasteiger partial charge >= 0.3 is 0 Å². The van der Waals surface area contributed by atoms with Crippen molar-refractivity contribution >= 4 is 11.6 Å². The summed E-state index contributed by atoms with van der Waals surface area (Å²) in [4.78, 5) is 6.89. The molecule has 4 nitrogen and oxygen atoms in total. The van der Waals surface area contributed by atoms with Crippen LogP contribution in [0.25, 0.3) is 0 Å². The smallest absolute Gasteiger partial charge is 0.128 e. The van der Waals surface area contributed by atoms with E-state index in [0.29, 0.717) is 5.15 Å². The summed E-state index contributed by atoms with van der Waals surface area (Å²) in [5, 5.41) is 4.33. The Morgan fingerprint density at radius 3 is 2.80 bits per heavy atom. The lowest BCUT2D eigenvalue weighted by Gasteiger charge is -2.34. The van der Waals surface area contributed by atoms with E-state index in [4.69, 9.17) is 11.6 Å². The van der Waals surface area contributed by atoms with Crippen molar-refractivity contribution in [2.75, 3.05) is 19.6 Å². The second-order valence-electron chi connectivity index (χ2n) is 6.93. The number of hydrogen-bond donors (Lipinski definition) is 1. The molecule has 1 unspecified atom stereocenters. The Hall–Kier alpha value is -0.580. The van der Waals surface area contributed by atoms with E-state index in [1.807, 2.05) is 11.6 Å². The number of aromatic nitrogens is 2. The first-order valence-electron chi connectivity index (χ1n) is 7.48. The Kier molecular flexibility index (Phi) is 5.10. The topological polar surface area (TPSA) is 33.1 Å². The second-order valence-corrected chi connectivity index (χ2v) is 7.32. The molecule has 0 aliphatic carbocycles. The predicted molar refractivity (Wildman–Crippen MR) is 84.0 cm³/mol. The second kappa shape index (κ2) is 6.46. The summed E-state index contributed by atoms with van der Waals surface area (Å²) in [6, 6.07) is 0. The lowest BCUT2D eigenvalue weighted by Crippen LogP contribution is -2.44. The van der Waals surface area contributed by atoms with Crippen LogP contribution >= 0.6 is 11.6 Å². The summed E-state index contributed by atoms with van der Waals surface area (Å²) in [6.45, 7) is 11.0. The lowest BCUT2D eigenvalue weighted by atomic mass is 9.96. The quantitative estimate of drug-likeness (QED) is 0.928. The average molecular weight is 299 g/mol. The minimum Gasteiger partial charge on any atom is -0.321 e. The fraction of sp³-hybridized carbons (Fsp3) is 0.800. The van der Waals surface area contributed by atoms with Gasteiger partial charge in [0.05, 0.1) is 12.7 Å². The molecular weight excluding hydrogens is 272 g/mol. The molecule has 1 N–H and O–H groups in total. The van der Waals surface area contributed by atoms with Crippen molar-refractivity contribution in [3.63, 3.8) is 0 Å². The normalized spacial score (nSPS) is 21.4. The number of nitrogens with one attached hydrogen (secondary N) is 1. The van der Waals surface area contributed by atoms with E-state index in [-0.39, 0.29) is 5.54 Å². The molecule has 1 fully saturated rings. The van der Waals surface area contributed by atoms with Crippen LogP contribution in [0.4, 0.5) is 0 Å². The predicted octanol–water partition coefficient (Wildman–Crippen LogP) is 2.67. The highest BCUT2D eigenvalue weighted by Crippen LogP contribution is 2.19. The molecule has 0 bridgehead atoms. The van der Waals surface area contributed by atoms with Crippen molar-refractivity contribution < 1.29 is 0 Å². The number of halogens is 1. The standard InChI is InChI=1S/C15H27ClN4/c1-15(2,3)18-8-12-6-5-7-20(10-12)11-14-17-9-13(16)19(14)4/h9,12,18H,5-8,10-11H2,1-4H3. The number of rotatable bonds is 4. The van der Waals surface area contributed by atoms with Crippen LogP contribution < -0.4 is 5.32 Å². The highest BCUT2D eigenvalue weighted by molar-refractivity contribution is 6.29. The molecule has 1 aliphatic heterocycles. The molecule has 1 aromatic rings. The Morgan fingerprint density at radius 1 is 1.45 bits per heavy atom. The molecule has 1 saturated heterocycles. The van der Waals surface area contributed by atoms with Crippen LogP contribution in [0.5, 0.6) is 0 Å². The maximum atomic E-state index is 6.05. The van der Waals surface area contributed by atoms with E-state index < -0.39 is 0 Å². The van der Waals surface area contributed by atoms with Crippen LogP contribution in [0.15, 0.2) is 6.20 Å². The third kappa shape index (κ3) is 4.47. The highest BCUT2D eigenvalue weighted by atomic mass is 35.5. The number of piperidine rings is 1. The van der Waals surface area contributed by atoms with E-state index in [1.165, 1.54) is 12.8 Å². The van der Waals surface area contributed by atoms with Crippen molar-refractivity contribution in [1.29, 1.82) is 0 Å². The largest absolute Gasteiger partial charge is 0.321 e. The zero-order valence-electron chi connectivity index (χ0n) is 13.1. The number of hydrogen-bond acceptors (Lipinski definition) is 3. The molecule has 0 radical (unpaired) electrons. The van der Waals surface area contributed by atoms with Gasteiger partial charge in [-0.1, -0.05) is 11.6 Å². The van der Waals surface area contributed by atoms with Crippen molar-refractivity contribution in [1.82, 2.24) is 19.8 Å². The SMILES string of the molecule is Cn1c(Cl)cnc1CN1CCCC(CNC(C)(C)C)C1. The van der Waals surface area contributed by atoms with Crippen molar-refractivity contribution in [2.45, 2.75) is 45.7 Å². The summed E-state index contributed by atoms with van der Waals surface area (Å²) >= 11 is 6.05. The average Bonchev–Trinajstić information content (AvgIpc) is 2.68. The van der Waals surface area contributed by atoms with Crippen LogP contribution in [-0.2, 0) is 13.6 Å². The maximum Gasteiger partial charge on any atom is 0.128 e. The molecule has 2 rings (SSSR count).